The van der Waals surface area contributed by atoms with Crippen molar-refractivity contribution in [2.75, 3.05) is 17.7 Å². The van der Waals surface area contributed by atoms with Gasteiger partial charge in [-0.15, -0.1) is 0 Å². The molecule has 0 spiro atoms. The Kier molecular flexibility index (Phi) is 3.52. The molecule has 0 aliphatic carbocycles. The number of nitrogens with zero attached hydrogens (tertiary/aromatic N) is 2. The molecule has 0 atom stereocenters. The maximum atomic E-state index is 12.0. The molecule has 0 unspecified atom stereocenters. The zero-order valence-corrected chi connectivity index (χ0v) is 10.3. The van der Waals surface area contributed by atoms with Crippen LogP contribution in [0.15, 0.2) is 36.8 Å². The molecule has 92 valence electrons. The highest BCUT2D eigenvalue weighted by atomic mass is 16.1. The Hall–Kier alpha value is -2.43. The van der Waals surface area contributed by atoms with E-state index in [-0.39, 0.29) is 5.91 Å². The minimum atomic E-state index is -0.193. The molecule has 18 heavy (non-hydrogen) atoms. The number of carbonyl (C=O) groups excluding carboxylic acids is 1. The molecule has 2 aromatic rings. The fourth-order valence-corrected chi connectivity index (χ4v) is 1.64. The van der Waals surface area contributed by atoms with Crippen molar-refractivity contribution in [3.05, 3.63) is 47.9 Å². The molecule has 0 radical (unpaired) electrons. The SMILES string of the molecule is CNc1ccc(C(=O)Nc2cnccn2)cc1C. The molecule has 5 nitrogen and oxygen atoms in total. The van der Waals surface area contributed by atoms with E-state index in [9.17, 15) is 4.79 Å². The third kappa shape index (κ3) is 2.63. The zero-order valence-electron chi connectivity index (χ0n) is 10.3. The lowest BCUT2D eigenvalue weighted by Gasteiger charge is -2.08. The average molecular weight is 242 g/mol. The van der Waals surface area contributed by atoms with Crippen LogP contribution in [0.25, 0.3) is 0 Å². The standard InChI is InChI=1S/C13H14N4O/c1-9-7-10(3-4-11(9)14-2)13(18)17-12-8-15-5-6-16-12/h3-8,14H,1-2H3,(H,16,17,18). The van der Waals surface area contributed by atoms with Gasteiger partial charge < -0.3 is 10.6 Å². The summed E-state index contributed by atoms with van der Waals surface area (Å²) in [4.78, 5) is 19.8. The summed E-state index contributed by atoms with van der Waals surface area (Å²) in [6, 6.07) is 5.48. The summed E-state index contributed by atoms with van der Waals surface area (Å²) < 4.78 is 0. The highest BCUT2D eigenvalue weighted by molar-refractivity contribution is 6.04. The van der Waals surface area contributed by atoms with Crippen molar-refractivity contribution in [3.63, 3.8) is 0 Å². The second-order valence-electron chi connectivity index (χ2n) is 3.82. The van der Waals surface area contributed by atoms with Crippen LogP contribution in [0.5, 0.6) is 0 Å². The summed E-state index contributed by atoms with van der Waals surface area (Å²) in [5.74, 6) is 0.249. The van der Waals surface area contributed by atoms with Crippen molar-refractivity contribution in [1.82, 2.24) is 9.97 Å². The van der Waals surface area contributed by atoms with Gasteiger partial charge in [-0.3, -0.25) is 9.78 Å². The van der Waals surface area contributed by atoms with Crippen LogP contribution in [0, 0.1) is 6.92 Å². The first kappa shape index (κ1) is 12.0. The van der Waals surface area contributed by atoms with E-state index in [4.69, 9.17) is 0 Å². The lowest BCUT2D eigenvalue weighted by molar-refractivity contribution is 0.102. The Morgan fingerprint density at radius 1 is 1.28 bits per heavy atom. The molecule has 0 aliphatic heterocycles. The number of aromatic nitrogens is 2. The molecule has 0 saturated heterocycles. The minimum Gasteiger partial charge on any atom is -0.388 e. The fourth-order valence-electron chi connectivity index (χ4n) is 1.64. The first-order valence-electron chi connectivity index (χ1n) is 5.56. The number of carbonyl (C=O) groups is 1. The van der Waals surface area contributed by atoms with Crippen molar-refractivity contribution in [2.24, 2.45) is 0 Å². The van der Waals surface area contributed by atoms with Gasteiger partial charge in [0.15, 0.2) is 5.82 Å². The summed E-state index contributed by atoms with van der Waals surface area (Å²) in [5, 5.41) is 5.75. The third-order valence-corrected chi connectivity index (χ3v) is 2.56. The van der Waals surface area contributed by atoms with Gasteiger partial charge in [0.2, 0.25) is 0 Å². The predicted octanol–water partition coefficient (Wildman–Crippen LogP) is 2.08. The average Bonchev–Trinajstić information content (AvgIpc) is 2.39. The van der Waals surface area contributed by atoms with E-state index in [1.165, 1.54) is 12.4 Å². The van der Waals surface area contributed by atoms with E-state index in [2.05, 4.69) is 20.6 Å². The van der Waals surface area contributed by atoms with Crippen LogP contribution < -0.4 is 10.6 Å². The quantitative estimate of drug-likeness (QED) is 0.864. The van der Waals surface area contributed by atoms with Gasteiger partial charge in [0.1, 0.15) is 0 Å². The molecule has 2 rings (SSSR count). The normalized spacial score (nSPS) is 9.89. The van der Waals surface area contributed by atoms with Gasteiger partial charge in [0.05, 0.1) is 6.20 Å². The number of hydrogen-bond acceptors (Lipinski definition) is 4. The van der Waals surface area contributed by atoms with Gasteiger partial charge >= 0.3 is 0 Å². The molecular formula is C13H14N4O. The second-order valence-corrected chi connectivity index (χ2v) is 3.82. The first-order chi connectivity index (χ1) is 8.70. The van der Waals surface area contributed by atoms with Crippen molar-refractivity contribution < 1.29 is 4.79 Å². The Morgan fingerprint density at radius 3 is 2.72 bits per heavy atom. The van der Waals surface area contributed by atoms with E-state index in [0.717, 1.165) is 11.3 Å². The summed E-state index contributed by atoms with van der Waals surface area (Å²) in [5.41, 5.74) is 2.62. The Morgan fingerprint density at radius 2 is 2.11 bits per heavy atom. The van der Waals surface area contributed by atoms with E-state index in [1.54, 1.807) is 12.3 Å². The van der Waals surface area contributed by atoms with Crippen LogP contribution in [-0.2, 0) is 0 Å². The summed E-state index contributed by atoms with van der Waals surface area (Å²) in [6.45, 7) is 1.95. The summed E-state index contributed by atoms with van der Waals surface area (Å²) >= 11 is 0. The molecule has 0 bridgehead atoms. The number of benzene rings is 1. The molecule has 1 heterocycles. The Balaban J connectivity index is 2.17. The number of hydrogen-bond donors (Lipinski definition) is 2. The maximum Gasteiger partial charge on any atom is 0.256 e. The molecule has 0 aliphatic rings. The van der Waals surface area contributed by atoms with Crippen LogP contribution in [-0.4, -0.2) is 22.9 Å². The van der Waals surface area contributed by atoms with E-state index >= 15 is 0 Å². The van der Waals surface area contributed by atoms with Gasteiger partial charge in [-0.1, -0.05) is 0 Å². The van der Waals surface area contributed by atoms with Gasteiger partial charge in [0, 0.05) is 30.7 Å². The van der Waals surface area contributed by atoms with E-state index in [1.807, 2.05) is 26.1 Å². The zero-order chi connectivity index (χ0) is 13.0. The number of nitrogens with one attached hydrogen (secondary N) is 2. The smallest absolute Gasteiger partial charge is 0.256 e. The number of rotatable bonds is 3. The van der Waals surface area contributed by atoms with E-state index < -0.39 is 0 Å². The lowest BCUT2D eigenvalue weighted by atomic mass is 10.1. The van der Waals surface area contributed by atoms with Crippen molar-refractivity contribution in [3.8, 4) is 0 Å². The molecule has 1 aromatic carbocycles. The topological polar surface area (TPSA) is 66.9 Å². The van der Waals surface area contributed by atoms with Crippen LogP contribution in [0.3, 0.4) is 0 Å². The van der Waals surface area contributed by atoms with Gasteiger partial charge in [-0.05, 0) is 30.7 Å². The van der Waals surface area contributed by atoms with Crippen molar-refractivity contribution >= 4 is 17.4 Å². The molecule has 1 amide bonds. The first-order valence-corrected chi connectivity index (χ1v) is 5.56. The molecule has 1 aromatic heterocycles. The molecule has 5 heteroatoms. The predicted molar refractivity (Wildman–Crippen MR) is 70.7 cm³/mol. The number of amides is 1. The highest BCUT2D eigenvalue weighted by Gasteiger charge is 2.08. The van der Waals surface area contributed by atoms with Crippen LogP contribution in [0.4, 0.5) is 11.5 Å². The summed E-state index contributed by atoms with van der Waals surface area (Å²) in [6.07, 6.45) is 4.60. The maximum absolute atomic E-state index is 12.0. The minimum absolute atomic E-state index is 0.193. The Labute approximate surface area is 105 Å². The van der Waals surface area contributed by atoms with Gasteiger partial charge in [-0.2, -0.15) is 0 Å². The summed E-state index contributed by atoms with van der Waals surface area (Å²) in [7, 11) is 1.85. The third-order valence-electron chi connectivity index (χ3n) is 2.56. The molecule has 2 N–H and O–H groups in total. The highest BCUT2D eigenvalue weighted by Crippen LogP contribution is 2.16. The van der Waals surface area contributed by atoms with E-state index in [0.29, 0.717) is 11.4 Å². The van der Waals surface area contributed by atoms with Crippen LogP contribution >= 0.6 is 0 Å². The molecule has 0 saturated carbocycles. The molecule has 0 fully saturated rings. The number of aryl methyl sites for hydroxylation is 1. The van der Waals surface area contributed by atoms with Crippen molar-refractivity contribution in [2.45, 2.75) is 6.92 Å². The second kappa shape index (κ2) is 5.27. The number of anilines is 2. The van der Waals surface area contributed by atoms with Crippen LogP contribution in [0.2, 0.25) is 0 Å². The largest absolute Gasteiger partial charge is 0.388 e. The van der Waals surface area contributed by atoms with Gasteiger partial charge in [0.25, 0.3) is 5.91 Å². The fraction of sp³-hybridized carbons (Fsp3) is 0.154. The Bertz CT molecular complexity index is 554. The molecular weight excluding hydrogens is 228 g/mol. The monoisotopic (exact) mass is 242 g/mol. The lowest BCUT2D eigenvalue weighted by Crippen LogP contribution is -2.13. The van der Waals surface area contributed by atoms with Crippen LogP contribution in [0.1, 0.15) is 15.9 Å². The van der Waals surface area contributed by atoms with Crippen molar-refractivity contribution in [1.29, 1.82) is 0 Å². The van der Waals surface area contributed by atoms with Gasteiger partial charge in [-0.25, -0.2) is 4.98 Å².